The summed E-state index contributed by atoms with van der Waals surface area (Å²) < 4.78 is 26.9. The second-order valence-electron chi connectivity index (χ2n) is 7.00. The lowest BCUT2D eigenvalue weighted by atomic mass is 9.91. The summed E-state index contributed by atoms with van der Waals surface area (Å²) in [7, 11) is 0. The van der Waals surface area contributed by atoms with E-state index in [2.05, 4.69) is 10.3 Å². The molecule has 6 heteroatoms. The van der Waals surface area contributed by atoms with Gasteiger partial charge in [-0.3, -0.25) is 9.36 Å². The fraction of sp³-hybridized carbons (Fsp3) is 0.444. The number of amides is 1. The lowest BCUT2D eigenvalue weighted by Gasteiger charge is -2.23. The predicted octanol–water partition coefficient (Wildman–Crippen LogP) is 4.11. The van der Waals surface area contributed by atoms with Gasteiger partial charge in [0.1, 0.15) is 5.82 Å². The summed E-state index contributed by atoms with van der Waals surface area (Å²) in [6, 6.07) is 8.93. The Morgan fingerprint density at radius 2 is 1.92 bits per heavy atom. The van der Waals surface area contributed by atoms with Crippen molar-refractivity contribution in [2.45, 2.75) is 46.2 Å². The second-order valence-corrected chi connectivity index (χ2v) is 7.00. The van der Waals surface area contributed by atoms with Crippen molar-refractivity contribution in [3.63, 3.8) is 0 Å². The van der Waals surface area contributed by atoms with Gasteiger partial charge in [0.2, 0.25) is 5.91 Å². The number of carbonyl (C=O) groups excluding carboxylic acids is 1. The molecule has 1 heterocycles. The first-order valence-corrected chi connectivity index (χ1v) is 7.90. The van der Waals surface area contributed by atoms with E-state index in [1.165, 1.54) is 12.4 Å². The molecule has 1 aromatic heterocycles. The van der Waals surface area contributed by atoms with Crippen LogP contribution in [0.4, 0.5) is 8.78 Å². The molecule has 0 aliphatic rings. The molecule has 2 rings (SSSR count). The Kier molecular flexibility index (Phi) is 5.70. The topological polar surface area (TPSA) is 46.9 Å². The van der Waals surface area contributed by atoms with Crippen LogP contribution in [0.15, 0.2) is 42.7 Å². The average Bonchev–Trinajstić information content (AvgIpc) is 2.94. The van der Waals surface area contributed by atoms with Gasteiger partial charge in [0.25, 0.3) is 0 Å². The molecular formula is C18H23F2N3O. The van der Waals surface area contributed by atoms with Crippen LogP contribution in [0.25, 0.3) is 0 Å². The van der Waals surface area contributed by atoms with Crippen molar-refractivity contribution in [2.75, 3.05) is 0 Å². The minimum absolute atomic E-state index is 0.105. The van der Waals surface area contributed by atoms with Crippen LogP contribution in [0.2, 0.25) is 0 Å². The summed E-state index contributed by atoms with van der Waals surface area (Å²) in [5.41, 5.74) is 0.718. The van der Waals surface area contributed by atoms with Crippen LogP contribution in [0.1, 0.15) is 51.2 Å². The highest BCUT2D eigenvalue weighted by Crippen LogP contribution is 2.23. The maximum Gasteiger partial charge on any atom is 0.319 e. The van der Waals surface area contributed by atoms with Gasteiger partial charge in [0.15, 0.2) is 0 Å². The van der Waals surface area contributed by atoms with Gasteiger partial charge in [-0.25, -0.2) is 4.98 Å². The Bertz CT molecular complexity index is 662. The SMILES string of the molecule is CC(C)(C)CC(=O)N[C@@H](Cc1nccn1C(F)F)c1ccccc1. The first kappa shape index (κ1) is 18.1. The monoisotopic (exact) mass is 335 g/mol. The maximum atomic E-state index is 13.0. The number of alkyl halides is 2. The van der Waals surface area contributed by atoms with E-state index in [4.69, 9.17) is 0 Å². The van der Waals surface area contributed by atoms with Gasteiger partial charge < -0.3 is 5.32 Å². The molecule has 0 bridgehead atoms. The standard InChI is InChI=1S/C18H23F2N3O/c1-18(2,3)12-16(24)22-14(13-7-5-4-6-8-13)11-15-21-9-10-23(15)17(19)20/h4-10,14,17H,11-12H2,1-3H3,(H,22,24)/t14-/m0/s1. The minimum atomic E-state index is -2.65. The van der Waals surface area contributed by atoms with Crippen molar-refractivity contribution >= 4 is 5.91 Å². The minimum Gasteiger partial charge on any atom is -0.349 e. The van der Waals surface area contributed by atoms with Gasteiger partial charge in [-0.05, 0) is 11.0 Å². The average molecular weight is 335 g/mol. The molecule has 130 valence electrons. The van der Waals surface area contributed by atoms with Gasteiger partial charge >= 0.3 is 6.55 Å². The molecule has 0 aliphatic heterocycles. The fourth-order valence-corrected chi connectivity index (χ4v) is 2.53. The first-order valence-electron chi connectivity index (χ1n) is 7.90. The number of halogens is 2. The molecular weight excluding hydrogens is 312 g/mol. The summed E-state index contributed by atoms with van der Waals surface area (Å²) in [5, 5.41) is 2.96. The van der Waals surface area contributed by atoms with Crippen molar-refractivity contribution in [1.82, 2.24) is 14.9 Å². The van der Waals surface area contributed by atoms with Crippen LogP contribution in [0.3, 0.4) is 0 Å². The van der Waals surface area contributed by atoms with Crippen molar-refractivity contribution in [2.24, 2.45) is 5.41 Å². The van der Waals surface area contributed by atoms with Crippen LogP contribution in [0, 0.1) is 5.41 Å². The first-order chi connectivity index (χ1) is 11.3. The zero-order valence-corrected chi connectivity index (χ0v) is 14.2. The van der Waals surface area contributed by atoms with Crippen LogP contribution in [-0.4, -0.2) is 15.5 Å². The molecule has 0 fully saturated rings. The highest BCUT2D eigenvalue weighted by atomic mass is 19.3. The van der Waals surface area contributed by atoms with Gasteiger partial charge in [-0.1, -0.05) is 51.1 Å². The van der Waals surface area contributed by atoms with E-state index in [0.717, 1.165) is 10.1 Å². The van der Waals surface area contributed by atoms with Crippen LogP contribution in [0.5, 0.6) is 0 Å². The molecule has 1 N–H and O–H groups in total. The molecule has 0 spiro atoms. The number of hydrogen-bond donors (Lipinski definition) is 1. The molecule has 1 atom stereocenters. The third-order valence-electron chi connectivity index (χ3n) is 3.57. The van der Waals surface area contributed by atoms with E-state index in [9.17, 15) is 13.6 Å². The van der Waals surface area contributed by atoms with E-state index >= 15 is 0 Å². The molecule has 0 saturated carbocycles. The second kappa shape index (κ2) is 7.55. The van der Waals surface area contributed by atoms with E-state index in [1.807, 2.05) is 51.1 Å². The third-order valence-corrected chi connectivity index (χ3v) is 3.57. The molecule has 1 amide bonds. The lowest BCUT2D eigenvalue weighted by molar-refractivity contribution is -0.123. The van der Waals surface area contributed by atoms with Gasteiger partial charge in [0.05, 0.1) is 6.04 Å². The third kappa shape index (κ3) is 5.15. The Labute approximate surface area is 140 Å². The van der Waals surface area contributed by atoms with Crippen LogP contribution in [-0.2, 0) is 11.2 Å². The molecule has 4 nitrogen and oxygen atoms in total. The smallest absolute Gasteiger partial charge is 0.319 e. The number of nitrogens with zero attached hydrogens (tertiary/aromatic N) is 2. The predicted molar refractivity (Wildman–Crippen MR) is 88.6 cm³/mol. The molecule has 0 radical (unpaired) electrons. The zero-order chi connectivity index (χ0) is 17.7. The van der Waals surface area contributed by atoms with Crippen molar-refractivity contribution in [3.8, 4) is 0 Å². The van der Waals surface area contributed by atoms with Crippen molar-refractivity contribution in [1.29, 1.82) is 0 Å². The quantitative estimate of drug-likeness (QED) is 0.863. The number of rotatable bonds is 6. The van der Waals surface area contributed by atoms with E-state index in [1.54, 1.807) is 0 Å². The number of benzene rings is 1. The summed E-state index contributed by atoms with van der Waals surface area (Å²) in [6.07, 6.45) is 3.16. The summed E-state index contributed by atoms with van der Waals surface area (Å²) >= 11 is 0. The largest absolute Gasteiger partial charge is 0.349 e. The Morgan fingerprint density at radius 3 is 2.50 bits per heavy atom. The highest BCUT2D eigenvalue weighted by molar-refractivity contribution is 5.77. The lowest BCUT2D eigenvalue weighted by Crippen LogP contribution is -2.33. The molecule has 0 saturated heterocycles. The summed E-state index contributed by atoms with van der Waals surface area (Å²) in [6.45, 7) is 3.29. The van der Waals surface area contributed by atoms with Gasteiger partial charge in [-0.2, -0.15) is 8.78 Å². The number of hydrogen-bond acceptors (Lipinski definition) is 2. The summed E-state index contributed by atoms with van der Waals surface area (Å²) in [4.78, 5) is 16.3. The number of imidazole rings is 1. The maximum absolute atomic E-state index is 13.0. The molecule has 1 aromatic carbocycles. The van der Waals surface area contributed by atoms with Crippen LogP contribution >= 0.6 is 0 Å². The van der Waals surface area contributed by atoms with Gasteiger partial charge in [-0.15, -0.1) is 0 Å². The zero-order valence-electron chi connectivity index (χ0n) is 14.2. The number of aromatic nitrogens is 2. The summed E-state index contributed by atoms with van der Waals surface area (Å²) in [5.74, 6) is 0.140. The van der Waals surface area contributed by atoms with Crippen LogP contribution < -0.4 is 5.32 Å². The Hall–Kier alpha value is -2.24. The molecule has 2 aromatic rings. The molecule has 24 heavy (non-hydrogen) atoms. The van der Waals surface area contributed by atoms with E-state index < -0.39 is 12.6 Å². The normalized spacial score (nSPS) is 13.1. The molecule has 0 aliphatic carbocycles. The van der Waals surface area contributed by atoms with E-state index in [-0.39, 0.29) is 23.6 Å². The Balaban J connectivity index is 2.21. The number of carbonyl (C=O) groups is 1. The van der Waals surface area contributed by atoms with Crippen molar-refractivity contribution in [3.05, 3.63) is 54.1 Å². The van der Waals surface area contributed by atoms with Gasteiger partial charge in [0, 0.05) is 25.2 Å². The van der Waals surface area contributed by atoms with Crippen molar-refractivity contribution < 1.29 is 13.6 Å². The number of nitrogens with one attached hydrogen (secondary N) is 1. The highest BCUT2D eigenvalue weighted by Gasteiger charge is 2.22. The fourth-order valence-electron chi connectivity index (χ4n) is 2.53. The Morgan fingerprint density at radius 1 is 1.25 bits per heavy atom. The molecule has 0 unspecified atom stereocenters. The van der Waals surface area contributed by atoms with E-state index in [0.29, 0.717) is 6.42 Å².